The molecular formula is C13H17N5O2. The van der Waals surface area contributed by atoms with Gasteiger partial charge in [-0.05, 0) is 25.0 Å². The van der Waals surface area contributed by atoms with Gasteiger partial charge in [-0.1, -0.05) is 0 Å². The molecule has 1 aliphatic rings. The normalized spacial score (nSPS) is 15.7. The number of likely N-dealkylation sites (tertiary alicyclic amines) is 1. The summed E-state index contributed by atoms with van der Waals surface area (Å²) in [5, 5.41) is 8.90. The van der Waals surface area contributed by atoms with Gasteiger partial charge >= 0.3 is 0 Å². The van der Waals surface area contributed by atoms with Gasteiger partial charge in [0, 0.05) is 25.2 Å². The third kappa shape index (κ3) is 2.97. The zero-order valence-electron chi connectivity index (χ0n) is 11.1. The predicted molar refractivity (Wildman–Crippen MR) is 70.8 cm³/mol. The highest BCUT2D eigenvalue weighted by atomic mass is 16.2. The number of hydrazine groups is 1. The van der Waals surface area contributed by atoms with Crippen molar-refractivity contribution >= 4 is 11.8 Å². The fourth-order valence-electron chi connectivity index (χ4n) is 2.41. The summed E-state index contributed by atoms with van der Waals surface area (Å²) in [7, 11) is 0. The summed E-state index contributed by atoms with van der Waals surface area (Å²) < 4.78 is 1.63. The van der Waals surface area contributed by atoms with E-state index in [2.05, 4.69) is 5.43 Å². The van der Waals surface area contributed by atoms with Gasteiger partial charge in [-0.3, -0.25) is 15.0 Å². The Kier molecular flexibility index (Phi) is 4.38. The molecule has 3 N–H and O–H groups in total. The largest absolute Gasteiger partial charge is 0.341 e. The SMILES string of the molecule is N#Cc1cccn1CC(=O)N1CCC(C(=O)NN)CC1. The van der Waals surface area contributed by atoms with Gasteiger partial charge < -0.3 is 9.47 Å². The molecule has 1 aliphatic heterocycles. The van der Waals surface area contributed by atoms with Gasteiger partial charge in [0.05, 0.1) is 0 Å². The van der Waals surface area contributed by atoms with Crippen LogP contribution in [-0.2, 0) is 16.1 Å². The summed E-state index contributed by atoms with van der Waals surface area (Å²) in [5.41, 5.74) is 2.62. The van der Waals surface area contributed by atoms with Crippen LogP contribution in [0.1, 0.15) is 18.5 Å². The number of rotatable bonds is 3. The number of hydrogen-bond acceptors (Lipinski definition) is 4. The highest BCUT2D eigenvalue weighted by molar-refractivity contribution is 5.79. The summed E-state index contributed by atoms with van der Waals surface area (Å²) in [4.78, 5) is 25.3. The zero-order chi connectivity index (χ0) is 14.5. The maximum absolute atomic E-state index is 12.2. The second-order valence-corrected chi connectivity index (χ2v) is 4.80. The summed E-state index contributed by atoms with van der Waals surface area (Å²) in [6.07, 6.45) is 2.95. The van der Waals surface area contributed by atoms with Gasteiger partial charge in [0.25, 0.3) is 0 Å². The molecule has 0 atom stereocenters. The van der Waals surface area contributed by atoms with E-state index in [0.29, 0.717) is 31.6 Å². The van der Waals surface area contributed by atoms with E-state index in [9.17, 15) is 9.59 Å². The maximum atomic E-state index is 12.2. The topological polar surface area (TPSA) is 104 Å². The van der Waals surface area contributed by atoms with E-state index in [1.807, 2.05) is 6.07 Å². The first-order chi connectivity index (χ1) is 9.65. The van der Waals surface area contributed by atoms with Crippen molar-refractivity contribution in [1.29, 1.82) is 5.26 Å². The van der Waals surface area contributed by atoms with Gasteiger partial charge in [0.15, 0.2) is 0 Å². The van der Waals surface area contributed by atoms with Crippen molar-refractivity contribution in [3.63, 3.8) is 0 Å². The van der Waals surface area contributed by atoms with Crippen molar-refractivity contribution in [2.45, 2.75) is 19.4 Å². The van der Waals surface area contributed by atoms with E-state index in [4.69, 9.17) is 11.1 Å². The number of amides is 2. The Morgan fingerprint density at radius 1 is 1.45 bits per heavy atom. The van der Waals surface area contributed by atoms with Crippen LogP contribution in [0.4, 0.5) is 0 Å². The number of carbonyl (C=O) groups excluding carboxylic acids is 2. The number of hydrogen-bond donors (Lipinski definition) is 2. The molecule has 0 aromatic carbocycles. The van der Waals surface area contributed by atoms with Crippen LogP contribution in [0.3, 0.4) is 0 Å². The van der Waals surface area contributed by atoms with Gasteiger partial charge in [-0.25, -0.2) is 5.84 Å². The minimum Gasteiger partial charge on any atom is -0.341 e. The van der Waals surface area contributed by atoms with Gasteiger partial charge in [0.1, 0.15) is 18.3 Å². The lowest BCUT2D eigenvalue weighted by atomic mass is 9.96. The number of nitrogens with one attached hydrogen (secondary N) is 1. The van der Waals surface area contributed by atoms with Crippen LogP contribution in [0, 0.1) is 17.2 Å². The molecule has 0 spiro atoms. The molecule has 0 bridgehead atoms. The average molecular weight is 275 g/mol. The third-order valence-corrected chi connectivity index (χ3v) is 3.61. The summed E-state index contributed by atoms with van der Waals surface area (Å²) >= 11 is 0. The monoisotopic (exact) mass is 275 g/mol. The molecule has 7 heteroatoms. The smallest absolute Gasteiger partial charge is 0.242 e. The highest BCUT2D eigenvalue weighted by Crippen LogP contribution is 2.17. The van der Waals surface area contributed by atoms with E-state index in [-0.39, 0.29) is 24.3 Å². The minimum absolute atomic E-state index is 0.0377. The Labute approximate surface area is 116 Å². The summed E-state index contributed by atoms with van der Waals surface area (Å²) in [6, 6.07) is 5.45. The molecule has 20 heavy (non-hydrogen) atoms. The molecule has 2 heterocycles. The number of carbonyl (C=O) groups is 2. The molecule has 0 unspecified atom stereocenters. The lowest BCUT2D eigenvalue weighted by molar-refractivity contribution is -0.136. The van der Waals surface area contributed by atoms with Crippen molar-refractivity contribution in [1.82, 2.24) is 14.9 Å². The summed E-state index contributed by atoms with van der Waals surface area (Å²) in [5.74, 6) is 4.78. The number of aromatic nitrogens is 1. The standard InChI is InChI=1S/C13H17N5O2/c14-8-11-2-1-5-18(11)9-12(19)17-6-3-10(4-7-17)13(20)16-15/h1-2,5,10H,3-4,6-7,9,15H2,(H,16,20). The van der Waals surface area contributed by atoms with Crippen molar-refractivity contribution in [2.24, 2.45) is 11.8 Å². The lowest BCUT2D eigenvalue weighted by Crippen LogP contribution is -2.45. The fourth-order valence-corrected chi connectivity index (χ4v) is 2.41. The van der Waals surface area contributed by atoms with Gasteiger partial charge in [-0.15, -0.1) is 0 Å². The van der Waals surface area contributed by atoms with Crippen molar-refractivity contribution in [3.05, 3.63) is 24.0 Å². The van der Waals surface area contributed by atoms with Crippen LogP contribution in [0.25, 0.3) is 0 Å². The lowest BCUT2D eigenvalue weighted by Gasteiger charge is -2.31. The Hall–Kier alpha value is -2.33. The molecule has 0 aliphatic carbocycles. The quantitative estimate of drug-likeness (QED) is 0.444. The van der Waals surface area contributed by atoms with Crippen LogP contribution in [0.2, 0.25) is 0 Å². The Bertz CT molecular complexity index is 537. The van der Waals surface area contributed by atoms with E-state index >= 15 is 0 Å². The first kappa shape index (κ1) is 14.1. The van der Waals surface area contributed by atoms with Gasteiger partial charge in [-0.2, -0.15) is 5.26 Å². The second-order valence-electron chi connectivity index (χ2n) is 4.80. The van der Waals surface area contributed by atoms with Crippen molar-refractivity contribution in [3.8, 4) is 6.07 Å². The van der Waals surface area contributed by atoms with Crippen molar-refractivity contribution in [2.75, 3.05) is 13.1 Å². The summed E-state index contributed by atoms with van der Waals surface area (Å²) in [6.45, 7) is 1.24. The number of piperidine rings is 1. The van der Waals surface area contributed by atoms with Crippen LogP contribution in [-0.4, -0.2) is 34.4 Å². The molecule has 0 radical (unpaired) electrons. The number of nitrogens with two attached hydrogens (primary N) is 1. The van der Waals surface area contributed by atoms with Crippen LogP contribution >= 0.6 is 0 Å². The molecule has 0 saturated carbocycles. The van der Waals surface area contributed by atoms with Crippen LogP contribution in [0.15, 0.2) is 18.3 Å². The molecule has 106 valence electrons. The average Bonchev–Trinajstić information content (AvgIpc) is 2.93. The van der Waals surface area contributed by atoms with Crippen molar-refractivity contribution < 1.29 is 9.59 Å². The Balaban J connectivity index is 1.89. The molecular weight excluding hydrogens is 258 g/mol. The van der Waals surface area contributed by atoms with E-state index < -0.39 is 0 Å². The molecule has 2 rings (SSSR count). The molecule has 1 aromatic heterocycles. The predicted octanol–water partition coefficient (Wildman–Crippen LogP) is -0.412. The number of nitrogens with zero attached hydrogens (tertiary/aromatic N) is 3. The van der Waals surface area contributed by atoms with Crippen LogP contribution in [0.5, 0.6) is 0 Å². The minimum atomic E-state index is -0.172. The molecule has 1 fully saturated rings. The molecule has 2 amide bonds. The molecule has 7 nitrogen and oxygen atoms in total. The Morgan fingerprint density at radius 3 is 2.75 bits per heavy atom. The molecule has 1 aromatic rings. The van der Waals surface area contributed by atoms with Crippen LogP contribution < -0.4 is 11.3 Å². The van der Waals surface area contributed by atoms with E-state index in [1.165, 1.54) is 0 Å². The maximum Gasteiger partial charge on any atom is 0.242 e. The van der Waals surface area contributed by atoms with Gasteiger partial charge in [0.2, 0.25) is 11.8 Å². The fraction of sp³-hybridized carbons (Fsp3) is 0.462. The van der Waals surface area contributed by atoms with E-state index in [0.717, 1.165) is 0 Å². The third-order valence-electron chi connectivity index (χ3n) is 3.61. The Morgan fingerprint density at radius 2 is 2.15 bits per heavy atom. The molecule has 1 saturated heterocycles. The first-order valence-corrected chi connectivity index (χ1v) is 6.49. The highest BCUT2D eigenvalue weighted by Gasteiger charge is 2.26. The number of nitriles is 1. The zero-order valence-corrected chi connectivity index (χ0v) is 11.1. The second kappa shape index (κ2) is 6.21. The first-order valence-electron chi connectivity index (χ1n) is 6.49. The van der Waals surface area contributed by atoms with E-state index in [1.54, 1.807) is 27.8 Å².